The Morgan fingerprint density at radius 2 is 1.95 bits per heavy atom. The molecule has 4 heterocycles. The molecule has 0 aliphatic carbocycles. The number of nitrogens with zero attached hydrogens (tertiary/aromatic N) is 7. The lowest BCUT2D eigenvalue weighted by atomic mass is 9.98. The van der Waals surface area contributed by atoms with Crippen molar-refractivity contribution in [1.82, 2.24) is 34.5 Å². The Balaban J connectivity index is 1.44. The van der Waals surface area contributed by atoms with Gasteiger partial charge in [0.25, 0.3) is 5.56 Å². The number of aryl methyl sites for hydroxylation is 1. The van der Waals surface area contributed by atoms with Crippen molar-refractivity contribution in [1.29, 1.82) is 0 Å². The van der Waals surface area contributed by atoms with Crippen molar-refractivity contribution in [3.63, 3.8) is 0 Å². The van der Waals surface area contributed by atoms with E-state index in [1.165, 1.54) is 5.56 Å². The molecular weight excluding hydrogens is 468 g/mol. The molecule has 37 heavy (non-hydrogen) atoms. The van der Waals surface area contributed by atoms with E-state index in [0.29, 0.717) is 19.0 Å². The van der Waals surface area contributed by atoms with Gasteiger partial charge in [0.15, 0.2) is 5.65 Å². The highest BCUT2D eigenvalue weighted by Crippen LogP contribution is 2.33. The molecule has 1 aliphatic rings. The molecule has 0 amide bonds. The predicted octanol–water partition coefficient (Wildman–Crippen LogP) is 2.72. The molecule has 10 nitrogen and oxygen atoms in total. The van der Waals surface area contributed by atoms with Gasteiger partial charge in [-0.1, -0.05) is 13.0 Å². The van der Waals surface area contributed by atoms with Crippen molar-refractivity contribution in [2.45, 2.75) is 51.7 Å². The number of hydrogen-bond donors (Lipinski definition) is 1. The SMILES string of the molecule is CC[C@@H]1CN(c2cc(=O)n(C)n3cc(CCNOC)nc23)[C@@H](C)CN1C(C)c1ccc2nccnc2c1. The molecule has 1 aromatic carbocycles. The van der Waals surface area contributed by atoms with E-state index < -0.39 is 0 Å². The Hall–Kier alpha value is -3.34. The van der Waals surface area contributed by atoms with Gasteiger partial charge < -0.3 is 9.74 Å². The number of piperazine rings is 1. The maximum absolute atomic E-state index is 12.9. The lowest BCUT2D eigenvalue weighted by Gasteiger charge is -2.48. The Labute approximate surface area is 216 Å². The second-order valence-corrected chi connectivity index (χ2v) is 9.88. The van der Waals surface area contributed by atoms with E-state index in [2.05, 4.69) is 64.2 Å². The zero-order valence-electron chi connectivity index (χ0n) is 22.3. The lowest BCUT2D eigenvalue weighted by molar-refractivity contribution is 0.0926. The number of fused-ring (bicyclic) bond motifs is 2. The predicted molar refractivity (Wildman–Crippen MR) is 145 cm³/mol. The second-order valence-electron chi connectivity index (χ2n) is 9.88. The average Bonchev–Trinajstić information content (AvgIpc) is 3.34. The molecule has 1 saturated heterocycles. The van der Waals surface area contributed by atoms with Crippen LogP contribution in [0.1, 0.15) is 44.5 Å². The summed E-state index contributed by atoms with van der Waals surface area (Å²) in [7, 11) is 3.38. The zero-order chi connectivity index (χ0) is 26.1. The zero-order valence-corrected chi connectivity index (χ0v) is 22.3. The molecule has 196 valence electrons. The first-order chi connectivity index (χ1) is 17.9. The minimum absolute atomic E-state index is 0.0465. The van der Waals surface area contributed by atoms with Crippen LogP contribution in [0.25, 0.3) is 16.7 Å². The fraction of sp³-hybridized carbons (Fsp3) is 0.481. The van der Waals surface area contributed by atoms with Crippen molar-refractivity contribution in [2.24, 2.45) is 7.05 Å². The molecule has 1 unspecified atom stereocenters. The van der Waals surface area contributed by atoms with Gasteiger partial charge in [-0.2, -0.15) is 0 Å². The number of nitrogens with one attached hydrogen (secondary N) is 1. The van der Waals surface area contributed by atoms with E-state index in [4.69, 9.17) is 9.82 Å². The van der Waals surface area contributed by atoms with Crippen LogP contribution in [0.15, 0.2) is 47.7 Å². The molecular formula is C27H36N8O2. The van der Waals surface area contributed by atoms with Crippen LogP contribution in [0.3, 0.4) is 0 Å². The summed E-state index contributed by atoms with van der Waals surface area (Å²) in [5.74, 6) is 0. The average molecular weight is 505 g/mol. The summed E-state index contributed by atoms with van der Waals surface area (Å²) in [6, 6.07) is 8.89. The number of hydrogen-bond acceptors (Lipinski definition) is 8. The highest BCUT2D eigenvalue weighted by atomic mass is 16.6. The standard InChI is InChI=1S/C27H36N8O2/c1-6-22-17-33(25-14-26(36)32(4)35-16-21(31-27(25)35)9-10-30-37-5)18(2)15-34(22)19(3)20-7-8-23-24(13-20)29-12-11-28-23/h7-8,11-14,16,18-19,22,30H,6,9-10,15,17H2,1-5H3/t18-,19?,22+/m0/s1. The molecule has 0 saturated carbocycles. The molecule has 3 atom stereocenters. The number of hydroxylamine groups is 1. The van der Waals surface area contributed by atoms with Gasteiger partial charge in [-0.3, -0.25) is 19.7 Å². The third-order valence-electron chi connectivity index (χ3n) is 7.63. The van der Waals surface area contributed by atoms with Gasteiger partial charge >= 0.3 is 0 Å². The van der Waals surface area contributed by atoms with E-state index in [0.717, 1.165) is 47.6 Å². The number of imidazole rings is 1. The third-order valence-corrected chi connectivity index (χ3v) is 7.63. The van der Waals surface area contributed by atoms with E-state index in [-0.39, 0.29) is 17.6 Å². The Morgan fingerprint density at radius 3 is 2.70 bits per heavy atom. The third kappa shape index (κ3) is 4.84. The largest absolute Gasteiger partial charge is 0.363 e. The fourth-order valence-electron chi connectivity index (χ4n) is 5.49. The minimum atomic E-state index is -0.0465. The van der Waals surface area contributed by atoms with E-state index in [1.54, 1.807) is 37.3 Å². The summed E-state index contributed by atoms with van der Waals surface area (Å²) < 4.78 is 3.49. The maximum atomic E-state index is 12.9. The van der Waals surface area contributed by atoms with Crippen LogP contribution in [0.5, 0.6) is 0 Å². The minimum Gasteiger partial charge on any atom is -0.363 e. The molecule has 10 heteroatoms. The Bertz CT molecular complexity index is 1450. The molecule has 0 radical (unpaired) electrons. The number of anilines is 1. The number of aromatic nitrogens is 5. The summed E-state index contributed by atoms with van der Waals surface area (Å²) in [5.41, 5.74) is 8.51. The molecule has 0 spiro atoms. The van der Waals surface area contributed by atoms with Gasteiger partial charge in [-0.25, -0.2) is 19.7 Å². The summed E-state index contributed by atoms with van der Waals surface area (Å²) >= 11 is 0. The van der Waals surface area contributed by atoms with Crippen molar-refractivity contribution in [2.75, 3.05) is 31.6 Å². The molecule has 1 N–H and O–H groups in total. The monoisotopic (exact) mass is 504 g/mol. The molecule has 5 rings (SSSR count). The van der Waals surface area contributed by atoms with Crippen molar-refractivity contribution in [3.8, 4) is 0 Å². The van der Waals surface area contributed by atoms with Crippen LogP contribution in [0.2, 0.25) is 0 Å². The van der Waals surface area contributed by atoms with Gasteiger partial charge in [-0.05, 0) is 38.0 Å². The number of benzene rings is 1. The van der Waals surface area contributed by atoms with Crippen molar-refractivity contribution < 1.29 is 4.84 Å². The second kappa shape index (κ2) is 10.6. The van der Waals surface area contributed by atoms with Gasteiger partial charge in [-0.15, -0.1) is 0 Å². The van der Waals surface area contributed by atoms with Crippen LogP contribution in [-0.2, 0) is 18.3 Å². The van der Waals surface area contributed by atoms with Crippen molar-refractivity contribution in [3.05, 3.63) is 64.5 Å². The van der Waals surface area contributed by atoms with Crippen LogP contribution in [0.4, 0.5) is 5.69 Å². The van der Waals surface area contributed by atoms with Crippen LogP contribution in [-0.4, -0.2) is 67.9 Å². The fourth-order valence-corrected chi connectivity index (χ4v) is 5.49. The molecule has 1 aliphatic heterocycles. The van der Waals surface area contributed by atoms with E-state index in [1.807, 2.05) is 10.7 Å². The van der Waals surface area contributed by atoms with Gasteiger partial charge in [0.05, 0.1) is 35.7 Å². The normalized spacial score (nSPS) is 19.6. The molecule has 4 aromatic rings. The summed E-state index contributed by atoms with van der Waals surface area (Å²) in [6.07, 6.45) is 7.13. The van der Waals surface area contributed by atoms with Gasteiger partial charge in [0, 0.05) is 69.7 Å². The molecule has 1 fully saturated rings. The quantitative estimate of drug-likeness (QED) is 0.289. The first-order valence-electron chi connectivity index (χ1n) is 13.0. The summed E-state index contributed by atoms with van der Waals surface area (Å²) in [6.45, 7) is 9.09. The highest BCUT2D eigenvalue weighted by Gasteiger charge is 2.35. The number of rotatable bonds is 8. The maximum Gasteiger partial charge on any atom is 0.267 e. The van der Waals surface area contributed by atoms with Gasteiger partial charge in [0.2, 0.25) is 0 Å². The van der Waals surface area contributed by atoms with Gasteiger partial charge in [0.1, 0.15) is 0 Å². The molecule has 0 bridgehead atoms. The molecule has 3 aromatic heterocycles. The first kappa shape index (κ1) is 25.3. The highest BCUT2D eigenvalue weighted by molar-refractivity contribution is 5.74. The van der Waals surface area contributed by atoms with E-state index in [9.17, 15) is 4.79 Å². The summed E-state index contributed by atoms with van der Waals surface area (Å²) in [4.78, 5) is 36.7. The lowest BCUT2D eigenvalue weighted by Crippen LogP contribution is -2.58. The smallest absolute Gasteiger partial charge is 0.267 e. The van der Waals surface area contributed by atoms with Crippen molar-refractivity contribution >= 4 is 22.4 Å². The van der Waals surface area contributed by atoms with E-state index >= 15 is 0 Å². The van der Waals surface area contributed by atoms with Crippen LogP contribution >= 0.6 is 0 Å². The Kier molecular flexibility index (Phi) is 7.23. The van der Waals surface area contributed by atoms with Crippen LogP contribution in [0, 0.1) is 0 Å². The Morgan fingerprint density at radius 1 is 1.16 bits per heavy atom. The van der Waals surface area contributed by atoms with Crippen LogP contribution < -0.4 is 15.9 Å². The topological polar surface area (TPSA) is 92.8 Å². The summed E-state index contributed by atoms with van der Waals surface area (Å²) in [5, 5.41) is 0. The first-order valence-corrected chi connectivity index (χ1v) is 13.0.